The molecule has 3 N–H and O–H groups in total. The molecule has 33 heavy (non-hydrogen) atoms. The van der Waals surface area contributed by atoms with Crippen molar-refractivity contribution in [3.8, 4) is 0 Å². The van der Waals surface area contributed by atoms with Crippen molar-refractivity contribution in [1.82, 2.24) is 0 Å². The van der Waals surface area contributed by atoms with Crippen LogP contribution in [0.1, 0.15) is 22.3 Å². The molecule has 4 rings (SSSR count). The van der Waals surface area contributed by atoms with Crippen LogP contribution in [0, 0.1) is 6.92 Å². The van der Waals surface area contributed by atoms with E-state index in [4.69, 9.17) is 5.10 Å². The van der Waals surface area contributed by atoms with Crippen LogP contribution in [-0.2, 0) is 13.2 Å². The molecule has 0 saturated heterocycles. The summed E-state index contributed by atoms with van der Waals surface area (Å²) in [6.07, 6.45) is 1.82. The first-order valence-corrected chi connectivity index (χ1v) is 10.8. The Morgan fingerprint density at radius 2 is 1.12 bits per heavy atom. The lowest BCUT2D eigenvalue weighted by Crippen LogP contribution is -2.09. The average molecular weight is 438 g/mol. The van der Waals surface area contributed by atoms with Crippen LogP contribution in [0.2, 0.25) is 0 Å². The maximum Gasteiger partial charge on any atom is 0.0681 e. The lowest BCUT2D eigenvalue weighted by Gasteiger charge is -2.20. The van der Waals surface area contributed by atoms with Gasteiger partial charge >= 0.3 is 0 Å². The van der Waals surface area contributed by atoms with E-state index in [0.29, 0.717) is 0 Å². The molecule has 4 aromatic carbocycles. The van der Waals surface area contributed by atoms with Crippen LogP contribution in [0.5, 0.6) is 0 Å². The molecular formula is C28H27N3O2. The summed E-state index contributed by atoms with van der Waals surface area (Å²) < 4.78 is 0. The predicted octanol–water partition coefficient (Wildman–Crippen LogP) is 5.90. The zero-order valence-corrected chi connectivity index (χ0v) is 18.5. The Bertz CT molecular complexity index is 1140. The molecule has 0 radical (unpaired) electrons. The van der Waals surface area contributed by atoms with Crippen molar-refractivity contribution in [3.05, 3.63) is 119 Å². The minimum Gasteiger partial charge on any atom is -0.392 e. The number of hydrogen-bond acceptors (Lipinski definition) is 5. The van der Waals surface area contributed by atoms with Crippen molar-refractivity contribution in [2.75, 3.05) is 10.3 Å². The van der Waals surface area contributed by atoms with E-state index in [9.17, 15) is 10.2 Å². The molecule has 0 aliphatic heterocycles. The van der Waals surface area contributed by atoms with Gasteiger partial charge in [0.25, 0.3) is 0 Å². The lowest BCUT2D eigenvalue weighted by molar-refractivity contribution is 0.281. The fourth-order valence-corrected chi connectivity index (χ4v) is 3.35. The molecule has 4 aromatic rings. The van der Waals surface area contributed by atoms with Crippen molar-refractivity contribution in [1.29, 1.82) is 0 Å². The summed E-state index contributed by atoms with van der Waals surface area (Å²) in [7, 11) is 0. The molecule has 5 heteroatoms. The Labute approximate surface area is 194 Å². The largest absolute Gasteiger partial charge is 0.392 e. The number of benzene rings is 4. The Balaban J connectivity index is 1.55. The maximum absolute atomic E-state index is 9.35. The Kier molecular flexibility index (Phi) is 7.15. The van der Waals surface area contributed by atoms with Crippen molar-refractivity contribution in [3.63, 3.8) is 0 Å². The zero-order valence-electron chi connectivity index (χ0n) is 18.5. The summed E-state index contributed by atoms with van der Waals surface area (Å²) in [5.41, 5.74) is 7.68. The molecule has 0 aromatic heterocycles. The van der Waals surface area contributed by atoms with Gasteiger partial charge < -0.3 is 15.5 Å². The number of aliphatic hydroxyl groups excluding tert-OH is 2. The number of aliphatic hydroxyl groups is 2. The molecule has 0 fully saturated rings. The zero-order chi connectivity index (χ0) is 23.0. The predicted molar refractivity (Wildman–Crippen MR) is 135 cm³/mol. The van der Waals surface area contributed by atoms with E-state index >= 15 is 0 Å². The van der Waals surface area contributed by atoms with Crippen LogP contribution < -0.4 is 10.3 Å². The molecule has 0 saturated carbocycles. The van der Waals surface area contributed by atoms with E-state index < -0.39 is 0 Å². The van der Waals surface area contributed by atoms with E-state index in [1.165, 1.54) is 5.56 Å². The molecule has 0 bridgehead atoms. The van der Waals surface area contributed by atoms with Gasteiger partial charge in [-0.05, 0) is 72.1 Å². The summed E-state index contributed by atoms with van der Waals surface area (Å²) in [6.45, 7) is 2.07. The minimum atomic E-state index is -0.00226. The van der Waals surface area contributed by atoms with Crippen LogP contribution in [0.3, 0.4) is 0 Å². The second-order valence-corrected chi connectivity index (χ2v) is 7.82. The van der Waals surface area contributed by atoms with Gasteiger partial charge in [0.05, 0.1) is 30.8 Å². The van der Waals surface area contributed by atoms with Gasteiger partial charge in [0.2, 0.25) is 0 Å². The van der Waals surface area contributed by atoms with Crippen LogP contribution in [0.25, 0.3) is 0 Å². The van der Waals surface area contributed by atoms with E-state index in [1.807, 2.05) is 84.0 Å². The number of rotatable bonds is 8. The summed E-state index contributed by atoms with van der Waals surface area (Å²) >= 11 is 0. The third-order valence-electron chi connectivity index (χ3n) is 5.30. The van der Waals surface area contributed by atoms with E-state index in [1.54, 1.807) is 0 Å². The van der Waals surface area contributed by atoms with Gasteiger partial charge in [0.15, 0.2) is 0 Å². The van der Waals surface area contributed by atoms with Crippen molar-refractivity contribution in [2.24, 2.45) is 5.10 Å². The van der Waals surface area contributed by atoms with Crippen LogP contribution in [0.15, 0.2) is 102 Å². The van der Waals surface area contributed by atoms with Crippen LogP contribution >= 0.6 is 0 Å². The van der Waals surface area contributed by atoms with Gasteiger partial charge in [0.1, 0.15) is 0 Å². The molecule has 0 amide bonds. The van der Waals surface area contributed by atoms with Gasteiger partial charge in [-0.1, -0.05) is 54.1 Å². The molecule has 166 valence electrons. The average Bonchev–Trinajstić information content (AvgIpc) is 2.87. The summed E-state index contributed by atoms with van der Waals surface area (Å²) in [4.78, 5) is 0. The smallest absolute Gasteiger partial charge is 0.0681 e. The molecule has 0 aliphatic rings. The molecule has 5 nitrogen and oxygen atoms in total. The fourth-order valence-electron chi connectivity index (χ4n) is 3.35. The first-order chi connectivity index (χ1) is 16.1. The minimum absolute atomic E-state index is 0.00226. The van der Waals surface area contributed by atoms with Crippen LogP contribution in [-0.4, -0.2) is 16.4 Å². The summed E-state index contributed by atoms with van der Waals surface area (Å²) in [5.74, 6) is 0. The van der Waals surface area contributed by atoms with E-state index in [2.05, 4.69) is 36.5 Å². The number of hydrogen-bond donors (Lipinski definition) is 3. The number of nitrogens with one attached hydrogen (secondary N) is 1. The SMILES string of the molecule is Cc1ccc(Nc2ccc(C=NN(c3ccc(CO)cc3)c3ccc(CO)cc3)cc2)cc1. The first kappa shape index (κ1) is 22.3. The summed E-state index contributed by atoms with van der Waals surface area (Å²) in [5, 5.41) is 28.7. The highest BCUT2D eigenvalue weighted by Crippen LogP contribution is 2.27. The van der Waals surface area contributed by atoms with Crippen molar-refractivity contribution in [2.45, 2.75) is 20.1 Å². The molecule has 0 aliphatic carbocycles. The molecule has 0 unspecified atom stereocenters. The highest BCUT2D eigenvalue weighted by molar-refractivity contribution is 5.82. The Morgan fingerprint density at radius 1 is 0.667 bits per heavy atom. The molecule has 0 heterocycles. The normalized spacial score (nSPS) is 11.0. The van der Waals surface area contributed by atoms with Gasteiger partial charge in [-0.15, -0.1) is 0 Å². The molecule has 0 spiro atoms. The number of aryl methyl sites for hydroxylation is 1. The molecule has 0 atom stereocenters. The third-order valence-corrected chi connectivity index (χ3v) is 5.30. The van der Waals surface area contributed by atoms with Gasteiger partial charge in [-0.25, -0.2) is 5.01 Å². The fraction of sp³-hybridized carbons (Fsp3) is 0.107. The number of anilines is 4. The van der Waals surface area contributed by atoms with Gasteiger partial charge in [0, 0.05) is 11.4 Å². The van der Waals surface area contributed by atoms with Crippen molar-refractivity contribution < 1.29 is 10.2 Å². The maximum atomic E-state index is 9.35. The summed E-state index contributed by atoms with van der Waals surface area (Å²) in [6, 6.07) is 31.6. The first-order valence-electron chi connectivity index (χ1n) is 10.8. The number of hydrazone groups is 1. The lowest BCUT2D eigenvalue weighted by atomic mass is 10.2. The van der Waals surface area contributed by atoms with Crippen LogP contribution in [0.4, 0.5) is 22.7 Å². The highest BCUT2D eigenvalue weighted by atomic mass is 16.3. The quantitative estimate of drug-likeness (QED) is 0.237. The topological polar surface area (TPSA) is 68.1 Å². The monoisotopic (exact) mass is 437 g/mol. The second kappa shape index (κ2) is 10.6. The van der Waals surface area contributed by atoms with Gasteiger partial charge in [-0.2, -0.15) is 5.10 Å². The molecular weight excluding hydrogens is 410 g/mol. The third kappa shape index (κ3) is 5.86. The highest BCUT2D eigenvalue weighted by Gasteiger charge is 2.08. The van der Waals surface area contributed by atoms with Gasteiger partial charge in [-0.3, -0.25) is 0 Å². The Morgan fingerprint density at radius 3 is 1.58 bits per heavy atom. The van der Waals surface area contributed by atoms with Crippen molar-refractivity contribution >= 4 is 29.0 Å². The second-order valence-electron chi connectivity index (χ2n) is 7.82. The Hall–Kier alpha value is -3.93. The standard InChI is InChI=1S/C28H27N3O2/c1-21-2-10-25(11-3-21)30-26-12-4-22(5-13-26)18-29-31(27-14-6-23(19-32)7-15-27)28-16-8-24(20-33)9-17-28/h2-18,30,32-33H,19-20H2,1H3. The number of nitrogens with zero attached hydrogens (tertiary/aromatic N) is 2. The van der Waals surface area contributed by atoms with E-state index in [-0.39, 0.29) is 13.2 Å². The van der Waals surface area contributed by atoms with E-state index in [0.717, 1.165) is 39.4 Å².